The molecule has 4 heteroatoms. The van der Waals surface area contributed by atoms with Gasteiger partial charge in [0, 0.05) is 6.54 Å². The van der Waals surface area contributed by atoms with E-state index < -0.39 is 17.1 Å². The lowest BCUT2D eigenvalue weighted by atomic mass is 9.63. The van der Waals surface area contributed by atoms with Crippen molar-refractivity contribution in [1.82, 2.24) is 4.90 Å². The first kappa shape index (κ1) is 16.1. The van der Waals surface area contributed by atoms with Gasteiger partial charge in [-0.25, -0.2) is 9.69 Å². The number of hydrogen-bond acceptors (Lipinski definition) is 3. The number of fused-ring (bicyclic) bond motifs is 1. The van der Waals surface area contributed by atoms with Gasteiger partial charge in [0.25, 0.3) is 0 Å². The summed E-state index contributed by atoms with van der Waals surface area (Å²) in [6, 6.07) is 0. The van der Waals surface area contributed by atoms with Crippen LogP contribution in [0.2, 0.25) is 0 Å². The minimum absolute atomic E-state index is 0.125. The number of amides is 2. The summed E-state index contributed by atoms with van der Waals surface area (Å²) in [6.07, 6.45) is 1.55. The highest BCUT2D eigenvalue weighted by Crippen LogP contribution is 2.50. The second kappa shape index (κ2) is 4.85. The van der Waals surface area contributed by atoms with Crippen LogP contribution in [0.15, 0.2) is 11.6 Å². The summed E-state index contributed by atoms with van der Waals surface area (Å²) in [5.74, 6) is 0.849. The molecule has 2 rings (SSSR count). The van der Waals surface area contributed by atoms with Crippen LogP contribution in [0.3, 0.4) is 0 Å². The standard InChI is InChI=1S/C17H27NO3/c1-10-8-17(7)13(12(3)11(10)2)9-18(14(17)19)15(20)21-16(4,5)6/h8,11-13H,9H2,1-7H3/t11-,12+,13+,17-/m1/s1. The van der Waals surface area contributed by atoms with Gasteiger partial charge in [-0.05, 0) is 52.4 Å². The molecular weight excluding hydrogens is 266 g/mol. The van der Waals surface area contributed by atoms with Crippen molar-refractivity contribution in [3.05, 3.63) is 11.6 Å². The highest BCUT2D eigenvalue weighted by molar-refractivity contribution is 5.98. The van der Waals surface area contributed by atoms with Crippen LogP contribution in [-0.4, -0.2) is 29.0 Å². The Balaban J connectivity index is 2.30. The second-order valence-corrected chi connectivity index (χ2v) is 7.82. The number of ether oxygens (including phenoxy) is 1. The SMILES string of the molecule is CC1=C[C@@]2(C)C(=O)N(C(=O)OC(C)(C)C)C[C@H]2[C@@H](C)[C@@H]1C. The van der Waals surface area contributed by atoms with E-state index in [1.807, 2.05) is 27.7 Å². The highest BCUT2D eigenvalue weighted by atomic mass is 16.6. The summed E-state index contributed by atoms with van der Waals surface area (Å²) in [5, 5.41) is 0. The van der Waals surface area contributed by atoms with E-state index in [2.05, 4.69) is 26.8 Å². The number of nitrogens with zero attached hydrogens (tertiary/aromatic N) is 1. The molecule has 1 aliphatic carbocycles. The molecule has 4 atom stereocenters. The molecule has 21 heavy (non-hydrogen) atoms. The minimum atomic E-state index is -0.587. The van der Waals surface area contributed by atoms with Crippen molar-refractivity contribution in [3.8, 4) is 0 Å². The largest absolute Gasteiger partial charge is 0.443 e. The Kier molecular flexibility index (Phi) is 3.71. The van der Waals surface area contributed by atoms with Crippen molar-refractivity contribution in [2.24, 2.45) is 23.2 Å². The molecule has 0 aromatic rings. The molecule has 0 radical (unpaired) electrons. The zero-order chi connectivity index (χ0) is 16.2. The van der Waals surface area contributed by atoms with Crippen molar-refractivity contribution in [2.45, 2.75) is 54.1 Å². The fourth-order valence-corrected chi connectivity index (χ4v) is 3.64. The van der Waals surface area contributed by atoms with Gasteiger partial charge in [0.05, 0.1) is 5.41 Å². The van der Waals surface area contributed by atoms with Gasteiger partial charge in [0.1, 0.15) is 5.60 Å². The van der Waals surface area contributed by atoms with Gasteiger partial charge in [0.15, 0.2) is 0 Å². The van der Waals surface area contributed by atoms with Gasteiger partial charge < -0.3 is 4.74 Å². The summed E-state index contributed by atoms with van der Waals surface area (Å²) in [7, 11) is 0. The zero-order valence-electron chi connectivity index (χ0n) is 14.2. The van der Waals surface area contributed by atoms with Crippen LogP contribution in [0.5, 0.6) is 0 Å². The lowest BCUT2D eigenvalue weighted by Crippen LogP contribution is -2.41. The van der Waals surface area contributed by atoms with E-state index in [0.29, 0.717) is 18.4 Å². The molecule has 4 nitrogen and oxygen atoms in total. The van der Waals surface area contributed by atoms with Crippen LogP contribution >= 0.6 is 0 Å². The van der Waals surface area contributed by atoms with Crippen molar-refractivity contribution in [1.29, 1.82) is 0 Å². The third kappa shape index (κ3) is 2.60. The van der Waals surface area contributed by atoms with Crippen LogP contribution in [0.1, 0.15) is 48.5 Å². The van der Waals surface area contributed by atoms with E-state index in [1.165, 1.54) is 10.5 Å². The van der Waals surface area contributed by atoms with E-state index in [-0.39, 0.29) is 11.8 Å². The number of imide groups is 1. The Hall–Kier alpha value is -1.32. The van der Waals surface area contributed by atoms with Gasteiger partial charge in [0.2, 0.25) is 5.91 Å². The van der Waals surface area contributed by atoms with Crippen molar-refractivity contribution >= 4 is 12.0 Å². The average molecular weight is 293 g/mol. The van der Waals surface area contributed by atoms with E-state index >= 15 is 0 Å². The first-order chi connectivity index (χ1) is 9.47. The fourth-order valence-electron chi connectivity index (χ4n) is 3.64. The molecule has 1 fully saturated rings. The number of carbonyl (C=O) groups excluding carboxylic acids is 2. The van der Waals surface area contributed by atoms with Crippen molar-refractivity contribution in [2.75, 3.05) is 6.54 Å². The molecule has 0 spiro atoms. The normalized spacial score (nSPS) is 36.3. The van der Waals surface area contributed by atoms with Crippen LogP contribution in [-0.2, 0) is 9.53 Å². The van der Waals surface area contributed by atoms with Crippen LogP contribution < -0.4 is 0 Å². The quantitative estimate of drug-likeness (QED) is 0.641. The van der Waals surface area contributed by atoms with E-state index in [1.54, 1.807) is 0 Å². The van der Waals surface area contributed by atoms with Crippen LogP contribution in [0.25, 0.3) is 0 Å². The number of carbonyl (C=O) groups is 2. The molecule has 1 heterocycles. The molecule has 1 saturated heterocycles. The van der Waals surface area contributed by atoms with Crippen molar-refractivity contribution < 1.29 is 14.3 Å². The Morgan fingerprint density at radius 3 is 2.48 bits per heavy atom. The molecule has 0 aromatic heterocycles. The molecule has 118 valence electrons. The van der Waals surface area contributed by atoms with Crippen LogP contribution in [0, 0.1) is 23.2 Å². The third-order valence-corrected chi connectivity index (χ3v) is 5.14. The summed E-state index contributed by atoms with van der Waals surface area (Å²) in [5.41, 5.74) is 0.0736. The Bertz CT molecular complexity index is 503. The molecule has 0 unspecified atom stereocenters. The van der Waals surface area contributed by atoms with Crippen molar-refractivity contribution in [3.63, 3.8) is 0 Å². The summed E-state index contributed by atoms with van der Waals surface area (Å²) < 4.78 is 5.38. The van der Waals surface area contributed by atoms with Gasteiger partial charge in [-0.3, -0.25) is 4.79 Å². The maximum Gasteiger partial charge on any atom is 0.417 e. The van der Waals surface area contributed by atoms with Gasteiger partial charge in [-0.15, -0.1) is 0 Å². The lowest BCUT2D eigenvalue weighted by molar-refractivity contribution is -0.133. The number of hydrogen-bond donors (Lipinski definition) is 0. The van der Waals surface area contributed by atoms with Gasteiger partial charge in [-0.1, -0.05) is 25.5 Å². The van der Waals surface area contributed by atoms with Gasteiger partial charge >= 0.3 is 6.09 Å². The Labute approximate surface area is 127 Å². The molecule has 0 aromatic carbocycles. The number of allylic oxidation sites excluding steroid dienone is 1. The summed E-state index contributed by atoms with van der Waals surface area (Å²) in [4.78, 5) is 26.4. The Morgan fingerprint density at radius 1 is 1.38 bits per heavy atom. The maximum absolute atomic E-state index is 12.8. The van der Waals surface area contributed by atoms with E-state index in [4.69, 9.17) is 4.74 Å². The molecule has 0 N–H and O–H groups in total. The molecule has 0 bridgehead atoms. The predicted molar refractivity (Wildman–Crippen MR) is 81.6 cm³/mol. The summed E-state index contributed by atoms with van der Waals surface area (Å²) in [6.45, 7) is 14.3. The molecular formula is C17H27NO3. The zero-order valence-corrected chi connectivity index (χ0v) is 14.2. The highest BCUT2D eigenvalue weighted by Gasteiger charge is 2.56. The summed E-state index contributed by atoms with van der Waals surface area (Å²) >= 11 is 0. The smallest absolute Gasteiger partial charge is 0.417 e. The first-order valence-corrected chi connectivity index (χ1v) is 7.71. The van der Waals surface area contributed by atoms with E-state index in [0.717, 1.165) is 0 Å². The Morgan fingerprint density at radius 2 is 1.95 bits per heavy atom. The third-order valence-electron chi connectivity index (χ3n) is 5.14. The molecule has 2 aliphatic rings. The van der Waals surface area contributed by atoms with Crippen LogP contribution in [0.4, 0.5) is 4.79 Å². The first-order valence-electron chi connectivity index (χ1n) is 7.71. The van der Waals surface area contributed by atoms with E-state index in [9.17, 15) is 9.59 Å². The lowest BCUT2D eigenvalue weighted by Gasteiger charge is -2.39. The number of rotatable bonds is 0. The number of likely N-dealkylation sites (tertiary alicyclic amines) is 1. The predicted octanol–water partition coefficient (Wildman–Crippen LogP) is 3.62. The molecule has 1 aliphatic heterocycles. The minimum Gasteiger partial charge on any atom is -0.443 e. The fraction of sp³-hybridized carbons (Fsp3) is 0.765. The molecule has 2 amide bonds. The topological polar surface area (TPSA) is 46.6 Å². The molecule has 0 saturated carbocycles. The monoisotopic (exact) mass is 293 g/mol. The maximum atomic E-state index is 12.8. The average Bonchev–Trinajstić information content (AvgIpc) is 2.58. The van der Waals surface area contributed by atoms with Gasteiger partial charge in [-0.2, -0.15) is 0 Å². The second-order valence-electron chi connectivity index (χ2n) is 7.82.